The summed E-state index contributed by atoms with van der Waals surface area (Å²) in [6.07, 6.45) is 3.73. The molecule has 0 unspecified atom stereocenters. The quantitative estimate of drug-likeness (QED) is 0.773. The number of pyridine rings is 1. The number of fused-ring (bicyclic) bond motifs is 1. The van der Waals surface area contributed by atoms with Crippen molar-refractivity contribution in [2.45, 2.75) is 32.0 Å². The van der Waals surface area contributed by atoms with Crippen LogP contribution in [0.2, 0.25) is 0 Å². The highest BCUT2D eigenvalue weighted by Gasteiger charge is 2.24. The van der Waals surface area contributed by atoms with E-state index in [2.05, 4.69) is 10.3 Å². The van der Waals surface area contributed by atoms with Crippen LogP contribution in [0.25, 0.3) is 11.2 Å². The summed E-state index contributed by atoms with van der Waals surface area (Å²) in [5.41, 5.74) is 1.11. The van der Waals surface area contributed by atoms with Crippen molar-refractivity contribution in [1.82, 2.24) is 19.4 Å². The molecule has 0 aromatic carbocycles. The molecule has 118 valence electrons. The van der Waals surface area contributed by atoms with Gasteiger partial charge in [0.1, 0.15) is 6.54 Å². The van der Waals surface area contributed by atoms with E-state index in [9.17, 15) is 9.59 Å². The molecule has 6 nitrogen and oxygen atoms in total. The third kappa shape index (κ3) is 2.79. The van der Waals surface area contributed by atoms with E-state index in [0.29, 0.717) is 17.7 Å². The van der Waals surface area contributed by atoms with Gasteiger partial charge in [-0.3, -0.25) is 13.9 Å². The molecule has 0 aliphatic heterocycles. The lowest BCUT2D eigenvalue weighted by Crippen LogP contribution is -2.34. The van der Waals surface area contributed by atoms with Crippen LogP contribution in [0.5, 0.6) is 0 Å². The molecular weight excluding hydrogens is 312 g/mol. The fraction of sp³-hybridized carbons (Fsp3) is 0.312. The van der Waals surface area contributed by atoms with Crippen molar-refractivity contribution in [3.8, 4) is 0 Å². The first kappa shape index (κ1) is 14.2. The molecule has 1 N–H and O–H groups in total. The fourth-order valence-electron chi connectivity index (χ4n) is 2.64. The van der Waals surface area contributed by atoms with Crippen molar-refractivity contribution < 1.29 is 4.79 Å². The van der Waals surface area contributed by atoms with E-state index < -0.39 is 0 Å². The highest BCUT2D eigenvalue weighted by atomic mass is 32.1. The van der Waals surface area contributed by atoms with Gasteiger partial charge in [-0.25, -0.2) is 9.78 Å². The molecule has 0 atom stereocenters. The predicted octanol–water partition coefficient (Wildman–Crippen LogP) is 1.59. The normalized spacial score (nSPS) is 14.3. The van der Waals surface area contributed by atoms with Crippen LogP contribution in [-0.4, -0.2) is 26.1 Å². The summed E-state index contributed by atoms with van der Waals surface area (Å²) in [7, 11) is 0. The number of thiophene rings is 1. The zero-order valence-corrected chi connectivity index (χ0v) is 13.3. The second-order valence-corrected chi connectivity index (χ2v) is 6.75. The Hall–Kier alpha value is -2.41. The number of aromatic nitrogens is 3. The van der Waals surface area contributed by atoms with Gasteiger partial charge in [-0.15, -0.1) is 11.3 Å². The van der Waals surface area contributed by atoms with E-state index in [1.807, 2.05) is 23.6 Å². The van der Waals surface area contributed by atoms with E-state index in [1.165, 1.54) is 4.57 Å². The second kappa shape index (κ2) is 5.66. The van der Waals surface area contributed by atoms with E-state index in [0.717, 1.165) is 17.7 Å². The van der Waals surface area contributed by atoms with Gasteiger partial charge in [0.2, 0.25) is 5.91 Å². The monoisotopic (exact) mass is 328 g/mol. The summed E-state index contributed by atoms with van der Waals surface area (Å²) in [5.74, 6) is -0.117. The van der Waals surface area contributed by atoms with Crippen molar-refractivity contribution >= 4 is 28.4 Å². The summed E-state index contributed by atoms with van der Waals surface area (Å²) in [6.45, 7) is 0.510. The number of nitrogens with zero attached hydrogens (tertiary/aromatic N) is 3. The first-order valence-electron chi connectivity index (χ1n) is 7.58. The number of nitrogens with one attached hydrogen (secondary N) is 1. The topological polar surface area (TPSA) is 68.9 Å². The van der Waals surface area contributed by atoms with Crippen LogP contribution in [-0.2, 0) is 17.9 Å². The maximum Gasteiger partial charge on any atom is 0.331 e. The molecule has 0 spiro atoms. The lowest BCUT2D eigenvalue weighted by molar-refractivity contribution is -0.121. The van der Waals surface area contributed by atoms with Crippen LogP contribution in [0, 0.1) is 0 Å². The number of carbonyl (C=O) groups is 1. The minimum absolute atomic E-state index is 0.0367. The molecule has 4 rings (SSSR count). The lowest BCUT2D eigenvalue weighted by atomic mass is 10.4. The van der Waals surface area contributed by atoms with Gasteiger partial charge in [-0.05, 0) is 36.4 Å². The van der Waals surface area contributed by atoms with Crippen LogP contribution in [0.4, 0.5) is 0 Å². The van der Waals surface area contributed by atoms with Gasteiger partial charge in [0.15, 0.2) is 5.65 Å². The molecule has 0 radical (unpaired) electrons. The lowest BCUT2D eigenvalue weighted by Gasteiger charge is -2.04. The Morgan fingerprint density at radius 1 is 1.30 bits per heavy atom. The number of rotatable bonds is 5. The van der Waals surface area contributed by atoms with Gasteiger partial charge < -0.3 is 5.32 Å². The summed E-state index contributed by atoms with van der Waals surface area (Å²) < 4.78 is 3.14. The Morgan fingerprint density at radius 3 is 2.91 bits per heavy atom. The Morgan fingerprint density at radius 2 is 2.17 bits per heavy atom. The molecule has 0 saturated heterocycles. The first-order chi connectivity index (χ1) is 11.2. The largest absolute Gasteiger partial charge is 0.352 e. The van der Waals surface area contributed by atoms with Crippen molar-refractivity contribution in [2.75, 3.05) is 0 Å². The molecule has 1 aliphatic carbocycles. The highest BCUT2D eigenvalue weighted by molar-refractivity contribution is 7.09. The van der Waals surface area contributed by atoms with Gasteiger partial charge in [0, 0.05) is 17.1 Å². The van der Waals surface area contributed by atoms with Crippen molar-refractivity contribution in [1.29, 1.82) is 0 Å². The zero-order valence-electron chi connectivity index (χ0n) is 12.4. The minimum atomic E-state index is -0.196. The van der Waals surface area contributed by atoms with Gasteiger partial charge in [-0.1, -0.05) is 6.07 Å². The number of hydrogen-bond acceptors (Lipinski definition) is 4. The Balaban J connectivity index is 1.73. The summed E-state index contributed by atoms with van der Waals surface area (Å²) >= 11 is 1.60. The number of carbonyl (C=O) groups excluding carboxylic acids is 1. The van der Waals surface area contributed by atoms with Gasteiger partial charge >= 0.3 is 5.69 Å². The first-order valence-corrected chi connectivity index (χ1v) is 8.46. The maximum atomic E-state index is 12.8. The Kier molecular flexibility index (Phi) is 3.49. The molecule has 7 heteroatoms. The van der Waals surface area contributed by atoms with Gasteiger partial charge in [0.05, 0.1) is 12.1 Å². The van der Waals surface area contributed by atoms with E-state index in [1.54, 1.807) is 28.2 Å². The molecule has 23 heavy (non-hydrogen) atoms. The van der Waals surface area contributed by atoms with Crippen LogP contribution in [0.1, 0.15) is 17.7 Å². The molecular formula is C16H16N4O2S. The molecule has 3 heterocycles. The van der Waals surface area contributed by atoms with Crippen molar-refractivity contribution in [2.24, 2.45) is 0 Å². The van der Waals surface area contributed by atoms with Crippen LogP contribution in [0.15, 0.2) is 40.6 Å². The fourth-order valence-corrected chi connectivity index (χ4v) is 3.34. The molecule has 1 amide bonds. The summed E-state index contributed by atoms with van der Waals surface area (Å²) in [6, 6.07) is 7.85. The molecule has 1 saturated carbocycles. The third-order valence-corrected chi connectivity index (χ3v) is 4.77. The SMILES string of the molecule is O=C(Cn1c(=O)n(Cc2cccs2)c2ncccc21)NC1CC1. The average molecular weight is 328 g/mol. The predicted molar refractivity (Wildman–Crippen MR) is 88.6 cm³/mol. The van der Waals surface area contributed by atoms with Gasteiger partial charge in [-0.2, -0.15) is 0 Å². The van der Waals surface area contributed by atoms with Crippen LogP contribution < -0.4 is 11.0 Å². The third-order valence-electron chi connectivity index (χ3n) is 3.91. The van der Waals surface area contributed by atoms with Crippen molar-refractivity contribution in [3.05, 3.63) is 51.2 Å². The van der Waals surface area contributed by atoms with E-state index in [-0.39, 0.29) is 24.2 Å². The zero-order chi connectivity index (χ0) is 15.8. The minimum Gasteiger partial charge on any atom is -0.352 e. The number of amides is 1. The number of hydrogen-bond donors (Lipinski definition) is 1. The van der Waals surface area contributed by atoms with Gasteiger partial charge in [0.25, 0.3) is 0 Å². The maximum absolute atomic E-state index is 12.8. The Labute approximate surface area is 136 Å². The molecule has 3 aromatic rings. The second-order valence-electron chi connectivity index (χ2n) is 5.72. The average Bonchev–Trinajstić information content (AvgIpc) is 3.14. The molecule has 1 fully saturated rings. The van der Waals surface area contributed by atoms with Crippen molar-refractivity contribution in [3.63, 3.8) is 0 Å². The van der Waals surface area contributed by atoms with Crippen LogP contribution >= 0.6 is 11.3 Å². The summed E-state index contributed by atoms with van der Waals surface area (Å²) in [5, 5.41) is 4.91. The summed E-state index contributed by atoms with van der Waals surface area (Å²) in [4.78, 5) is 30.3. The highest BCUT2D eigenvalue weighted by Crippen LogP contribution is 2.19. The number of imidazole rings is 1. The molecule has 0 bridgehead atoms. The van der Waals surface area contributed by atoms with E-state index >= 15 is 0 Å². The van der Waals surface area contributed by atoms with Crippen LogP contribution in [0.3, 0.4) is 0 Å². The molecule has 1 aliphatic rings. The smallest absolute Gasteiger partial charge is 0.331 e. The van der Waals surface area contributed by atoms with E-state index in [4.69, 9.17) is 0 Å². The Bertz CT molecular complexity index is 906. The molecule has 3 aromatic heterocycles. The standard InChI is InChI=1S/C16H16N4O2S/c21-14(18-11-5-6-11)10-19-13-4-1-7-17-15(13)20(16(19)22)9-12-3-2-8-23-12/h1-4,7-8,11H,5-6,9-10H2,(H,18,21).